The molecule has 0 aliphatic heterocycles. The summed E-state index contributed by atoms with van der Waals surface area (Å²) in [6, 6.07) is 6.39. The fourth-order valence-corrected chi connectivity index (χ4v) is 1.98. The summed E-state index contributed by atoms with van der Waals surface area (Å²) >= 11 is 5.76. The minimum absolute atomic E-state index is 0.00839. The van der Waals surface area contributed by atoms with E-state index in [-0.39, 0.29) is 11.4 Å². The predicted molar refractivity (Wildman–Crippen MR) is 67.9 cm³/mol. The Morgan fingerprint density at radius 1 is 1.33 bits per heavy atom. The molecule has 1 aromatic carbocycles. The number of halogens is 1. The molecule has 5 nitrogen and oxygen atoms in total. The fraction of sp³-hybridized carbons (Fsp3) is 0. The molecular formula is C12H8ClN3O2. The highest BCUT2D eigenvalue weighted by molar-refractivity contribution is 6.30. The lowest BCUT2D eigenvalue weighted by Gasteiger charge is -2.05. The SMILES string of the molecule is O=c1[nH]c(-c2ccc(Cl)cc2O)cc2nccn12. The molecule has 2 N–H and O–H groups in total. The van der Waals surface area contributed by atoms with Crippen molar-refractivity contribution in [2.24, 2.45) is 0 Å². The van der Waals surface area contributed by atoms with Crippen LogP contribution in [0.4, 0.5) is 0 Å². The van der Waals surface area contributed by atoms with Crippen molar-refractivity contribution in [1.29, 1.82) is 0 Å². The maximum absolute atomic E-state index is 11.8. The third kappa shape index (κ3) is 1.65. The van der Waals surface area contributed by atoms with Gasteiger partial charge in [-0.3, -0.25) is 4.40 Å². The second kappa shape index (κ2) is 3.89. The van der Waals surface area contributed by atoms with E-state index in [4.69, 9.17) is 11.6 Å². The molecule has 2 heterocycles. The second-order valence-electron chi connectivity index (χ2n) is 3.81. The minimum Gasteiger partial charge on any atom is -0.507 e. The summed E-state index contributed by atoms with van der Waals surface area (Å²) in [5.74, 6) is 0.00839. The molecule has 0 radical (unpaired) electrons. The summed E-state index contributed by atoms with van der Waals surface area (Å²) in [6.45, 7) is 0. The zero-order valence-corrected chi connectivity index (χ0v) is 9.85. The van der Waals surface area contributed by atoms with Crippen molar-refractivity contribution in [3.05, 3.63) is 52.2 Å². The molecule has 0 saturated heterocycles. The van der Waals surface area contributed by atoms with Gasteiger partial charge in [0.05, 0.1) is 5.69 Å². The zero-order chi connectivity index (χ0) is 12.7. The van der Waals surface area contributed by atoms with Crippen LogP contribution in [-0.4, -0.2) is 19.5 Å². The van der Waals surface area contributed by atoms with Crippen LogP contribution in [0.3, 0.4) is 0 Å². The first kappa shape index (κ1) is 10.9. The molecule has 0 aliphatic carbocycles. The maximum Gasteiger partial charge on any atom is 0.331 e. The smallest absolute Gasteiger partial charge is 0.331 e. The molecule has 3 aromatic rings. The van der Waals surface area contributed by atoms with Crippen molar-refractivity contribution in [2.75, 3.05) is 0 Å². The number of fused-ring (bicyclic) bond motifs is 1. The van der Waals surface area contributed by atoms with Crippen LogP contribution in [0.1, 0.15) is 0 Å². The molecule has 0 bridgehead atoms. The average Bonchev–Trinajstić information content (AvgIpc) is 2.77. The van der Waals surface area contributed by atoms with Crippen LogP contribution in [0, 0.1) is 0 Å². The summed E-state index contributed by atoms with van der Waals surface area (Å²) in [5, 5.41) is 10.3. The summed E-state index contributed by atoms with van der Waals surface area (Å²) in [6.07, 6.45) is 3.11. The van der Waals surface area contributed by atoms with Gasteiger partial charge in [-0.15, -0.1) is 0 Å². The predicted octanol–water partition coefficient (Wildman–Crippen LogP) is 2.05. The van der Waals surface area contributed by atoms with E-state index in [0.717, 1.165) is 0 Å². The van der Waals surface area contributed by atoms with Crippen LogP contribution in [0.5, 0.6) is 5.75 Å². The van der Waals surface area contributed by atoms with Gasteiger partial charge in [0.25, 0.3) is 0 Å². The highest BCUT2D eigenvalue weighted by Gasteiger charge is 2.08. The average molecular weight is 262 g/mol. The molecule has 18 heavy (non-hydrogen) atoms. The van der Waals surface area contributed by atoms with Crippen molar-refractivity contribution in [1.82, 2.24) is 14.4 Å². The van der Waals surface area contributed by atoms with Gasteiger partial charge in [0.15, 0.2) is 0 Å². The molecule has 0 unspecified atom stereocenters. The lowest BCUT2D eigenvalue weighted by Crippen LogP contribution is -2.15. The van der Waals surface area contributed by atoms with Gasteiger partial charge in [0.1, 0.15) is 11.4 Å². The Morgan fingerprint density at radius 3 is 2.94 bits per heavy atom. The Bertz CT molecular complexity index is 791. The number of H-pyrrole nitrogens is 1. The normalized spacial score (nSPS) is 10.9. The highest BCUT2D eigenvalue weighted by Crippen LogP contribution is 2.29. The van der Waals surface area contributed by atoms with Crippen molar-refractivity contribution < 1.29 is 5.11 Å². The molecule has 0 fully saturated rings. The number of phenolic OH excluding ortho intramolecular Hbond substituents is 1. The number of phenols is 1. The molecule has 0 spiro atoms. The summed E-state index contributed by atoms with van der Waals surface area (Å²) in [7, 11) is 0. The third-order valence-electron chi connectivity index (χ3n) is 2.65. The van der Waals surface area contributed by atoms with Gasteiger partial charge >= 0.3 is 5.69 Å². The number of aromatic nitrogens is 3. The van der Waals surface area contributed by atoms with Gasteiger partial charge in [-0.1, -0.05) is 11.6 Å². The van der Waals surface area contributed by atoms with E-state index in [0.29, 0.717) is 21.9 Å². The van der Waals surface area contributed by atoms with Crippen LogP contribution in [0.15, 0.2) is 41.5 Å². The number of aromatic hydroxyl groups is 1. The summed E-state index contributed by atoms with van der Waals surface area (Å²) in [5.41, 5.74) is 1.20. The quantitative estimate of drug-likeness (QED) is 0.704. The van der Waals surface area contributed by atoms with Gasteiger partial charge in [0, 0.05) is 29.0 Å². The van der Waals surface area contributed by atoms with Crippen molar-refractivity contribution in [3.8, 4) is 17.0 Å². The van der Waals surface area contributed by atoms with Gasteiger partial charge in [0.2, 0.25) is 0 Å². The number of nitrogens with zero attached hydrogens (tertiary/aromatic N) is 2. The Hall–Kier alpha value is -2.27. The molecule has 0 saturated carbocycles. The molecule has 90 valence electrons. The fourth-order valence-electron chi connectivity index (χ4n) is 1.81. The first-order valence-corrected chi connectivity index (χ1v) is 5.58. The molecule has 0 atom stereocenters. The van der Waals surface area contributed by atoms with E-state index in [1.807, 2.05) is 0 Å². The molecule has 0 aliphatic rings. The first-order valence-electron chi connectivity index (χ1n) is 5.20. The van der Waals surface area contributed by atoms with Gasteiger partial charge < -0.3 is 10.1 Å². The van der Waals surface area contributed by atoms with Crippen LogP contribution in [0.25, 0.3) is 16.9 Å². The number of rotatable bonds is 1. The number of aromatic amines is 1. The van der Waals surface area contributed by atoms with E-state index >= 15 is 0 Å². The van der Waals surface area contributed by atoms with Crippen LogP contribution < -0.4 is 5.69 Å². The molecular weight excluding hydrogens is 254 g/mol. The van der Waals surface area contributed by atoms with Crippen molar-refractivity contribution in [2.45, 2.75) is 0 Å². The first-order chi connectivity index (χ1) is 8.65. The molecule has 2 aromatic heterocycles. The number of benzene rings is 1. The largest absolute Gasteiger partial charge is 0.507 e. The lowest BCUT2D eigenvalue weighted by molar-refractivity contribution is 0.477. The molecule has 0 amide bonds. The van der Waals surface area contributed by atoms with E-state index in [2.05, 4.69) is 9.97 Å². The van der Waals surface area contributed by atoms with Gasteiger partial charge in [-0.05, 0) is 18.2 Å². The zero-order valence-electron chi connectivity index (χ0n) is 9.09. The van der Waals surface area contributed by atoms with E-state index in [9.17, 15) is 9.90 Å². The van der Waals surface area contributed by atoms with Gasteiger partial charge in [-0.2, -0.15) is 0 Å². The monoisotopic (exact) mass is 261 g/mol. The number of imidazole rings is 1. The third-order valence-corrected chi connectivity index (χ3v) is 2.89. The summed E-state index contributed by atoms with van der Waals surface area (Å²) in [4.78, 5) is 18.5. The lowest BCUT2D eigenvalue weighted by atomic mass is 10.1. The van der Waals surface area contributed by atoms with Crippen molar-refractivity contribution in [3.63, 3.8) is 0 Å². The standard InChI is InChI=1S/C12H8ClN3O2/c13-7-1-2-8(10(17)5-7)9-6-11-14-3-4-16(11)12(18)15-9/h1-6,17H,(H,15,18). The second-order valence-corrected chi connectivity index (χ2v) is 4.24. The van der Waals surface area contributed by atoms with Crippen molar-refractivity contribution >= 4 is 17.2 Å². The molecule has 3 rings (SSSR count). The van der Waals surface area contributed by atoms with Crippen LogP contribution >= 0.6 is 11.6 Å². The Morgan fingerprint density at radius 2 is 2.17 bits per heavy atom. The van der Waals surface area contributed by atoms with Gasteiger partial charge in [-0.25, -0.2) is 9.78 Å². The Kier molecular flexibility index (Phi) is 2.34. The highest BCUT2D eigenvalue weighted by atomic mass is 35.5. The topological polar surface area (TPSA) is 70.4 Å². The van der Waals surface area contributed by atoms with E-state index < -0.39 is 0 Å². The number of hydrogen-bond donors (Lipinski definition) is 2. The Balaban J connectivity index is 2.28. The Labute approximate surface area is 106 Å². The molecule has 6 heteroatoms. The van der Waals surface area contributed by atoms with Crippen LogP contribution in [-0.2, 0) is 0 Å². The summed E-state index contributed by atoms with van der Waals surface area (Å²) < 4.78 is 1.39. The maximum atomic E-state index is 11.8. The van der Waals surface area contributed by atoms with E-state index in [1.54, 1.807) is 24.4 Å². The van der Waals surface area contributed by atoms with E-state index in [1.165, 1.54) is 16.7 Å². The number of nitrogens with one attached hydrogen (secondary N) is 1. The number of hydrogen-bond acceptors (Lipinski definition) is 3. The minimum atomic E-state index is -0.311. The van der Waals surface area contributed by atoms with Crippen LogP contribution in [0.2, 0.25) is 5.02 Å².